The summed E-state index contributed by atoms with van der Waals surface area (Å²) in [4.78, 5) is 0. The first-order valence-corrected chi connectivity index (χ1v) is 6.61. The van der Waals surface area contributed by atoms with Gasteiger partial charge in [-0.25, -0.2) is 10.9 Å². The van der Waals surface area contributed by atoms with Crippen molar-refractivity contribution >= 4 is 24.6 Å². The van der Waals surface area contributed by atoms with Crippen LogP contribution in [-0.4, -0.2) is 24.6 Å². The standard InChI is InChI=1S/C13H26N6/c1-10(2)7-14-17-13(18-15-8-11(3)4)19-16-9-12(5)6/h7-12H,1-6H3,(H2,17,18,19)/b14-7+,15-8+,16-9+. The number of rotatable bonds is 6. The molecule has 0 amide bonds. The summed E-state index contributed by atoms with van der Waals surface area (Å²) in [5, 5.41) is 16.1. The quantitative estimate of drug-likeness (QED) is 0.440. The molecule has 0 aromatic heterocycles. The number of nitrogens with one attached hydrogen (secondary N) is 2. The van der Waals surface area contributed by atoms with Crippen LogP contribution in [0.5, 0.6) is 0 Å². The van der Waals surface area contributed by atoms with Crippen LogP contribution < -0.4 is 10.9 Å². The molecule has 6 nitrogen and oxygen atoms in total. The normalized spacial score (nSPS) is 12.5. The second kappa shape index (κ2) is 10.2. The van der Waals surface area contributed by atoms with E-state index in [1.165, 1.54) is 0 Å². The molecule has 0 aromatic carbocycles. The topological polar surface area (TPSA) is 73.5 Å². The molecule has 0 aliphatic carbocycles. The molecule has 0 heterocycles. The van der Waals surface area contributed by atoms with E-state index in [0.717, 1.165) is 0 Å². The van der Waals surface area contributed by atoms with Gasteiger partial charge in [-0.3, -0.25) is 0 Å². The summed E-state index contributed by atoms with van der Waals surface area (Å²) < 4.78 is 0. The van der Waals surface area contributed by atoms with Gasteiger partial charge in [-0.05, 0) is 17.8 Å². The van der Waals surface area contributed by atoms with Crippen LogP contribution in [0.3, 0.4) is 0 Å². The second-order valence-electron chi connectivity index (χ2n) is 5.23. The fourth-order valence-corrected chi connectivity index (χ4v) is 0.789. The molecular formula is C13H26N6. The van der Waals surface area contributed by atoms with Crippen LogP contribution in [0.25, 0.3) is 0 Å². The summed E-state index contributed by atoms with van der Waals surface area (Å²) in [6.07, 6.45) is 5.33. The summed E-state index contributed by atoms with van der Waals surface area (Å²) in [6, 6.07) is 0. The lowest BCUT2D eigenvalue weighted by atomic mass is 10.3. The van der Waals surface area contributed by atoms with Crippen LogP contribution in [0, 0.1) is 17.8 Å². The maximum atomic E-state index is 4.05. The Hall–Kier alpha value is -1.72. The van der Waals surface area contributed by atoms with E-state index in [-0.39, 0.29) is 0 Å². The van der Waals surface area contributed by atoms with E-state index in [2.05, 4.69) is 31.3 Å². The smallest absolute Gasteiger partial charge is 0.245 e. The molecule has 0 rings (SSSR count). The van der Waals surface area contributed by atoms with Gasteiger partial charge in [0.05, 0.1) is 0 Å². The number of hydrogen-bond acceptors (Lipinski definition) is 4. The van der Waals surface area contributed by atoms with Crippen LogP contribution in [-0.2, 0) is 0 Å². The maximum Gasteiger partial charge on any atom is 0.257 e. The first-order valence-electron chi connectivity index (χ1n) is 6.61. The third-order valence-corrected chi connectivity index (χ3v) is 1.61. The highest BCUT2D eigenvalue weighted by atomic mass is 15.5. The van der Waals surface area contributed by atoms with Gasteiger partial charge in [0.15, 0.2) is 0 Å². The van der Waals surface area contributed by atoms with Crippen molar-refractivity contribution in [2.75, 3.05) is 0 Å². The van der Waals surface area contributed by atoms with Crippen molar-refractivity contribution in [3.05, 3.63) is 0 Å². The molecular weight excluding hydrogens is 240 g/mol. The van der Waals surface area contributed by atoms with E-state index in [0.29, 0.717) is 23.7 Å². The van der Waals surface area contributed by atoms with Gasteiger partial charge >= 0.3 is 0 Å². The largest absolute Gasteiger partial charge is 0.257 e. The van der Waals surface area contributed by atoms with Crippen LogP contribution in [0.15, 0.2) is 20.4 Å². The Bertz CT molecular complexity index is 317. The minimum Gasteiger partial charge on any atom is -0.245 e. The fraction of sp³-hybridized carbons (Fsp3) is 0.692. The zero-order valence-electron chi connectivity index (χ0n) is 12.8. The first-order chi connectivity index (χ1) is 8.91. The van der Waals surface area contributed by atoms with Gasteiger partial charge in [0.1, 0.15) is 0 Å². The van der Waals surface area contributed by atoms with E-state index in [1.54, 1.807) is 18.6 Å². The van der Waals surface area contributed by atoms with Gasteiger partial charge in [-0.2, -0.15) is 15.3 Å². The minimum absolute atomic E-state index is 0.350. The lowest BCUT2D eigenvalue weighted by Crippen LogP contribution is -2.30. The Labute approximate surface area is 116 Å². The van der Waals surface area contributed by atoms with Crippen LogP contribution in [0.2, 0.25) is 0 Å². The summed E-state index contributed by atoms with van der Waals surface area (Å²) in [5.41, 5.74) is 5.56. The summed E-state index contributed by atoms with van der Waals surface area (Å²) in [7, 11) is 0. The van der Waals surface area contributed by atoms with Gasteiger partial charge < -0.3 is 0 Å². The fourth-order valence-electron chi connectivity index (χ4n) is 0.789. The first kappa shape index (κ1) is 17.3. The van der Waals surface area contributed by atoms with Crippen molar-refractivity contribution in [1.82, 2.24) is 10.9 Å². The zero-order chi connectivity index (χ0) is 14.7. The molecule has 0 bridgehead atoms. The number of hydrogen-bond donors (Lipinski definition) is 2. The lowest BCUT2D eigenvalue weighted by Gasteiger charge is -2.03. The van der Waals surface area contributed by atoms with Crippen molar-refractivity contribution in [2.45, 2.75) is 41.5 Å². The summed E-state index contributed by atoms with van der Waals surface area (Å²) in [6.45, 7) is 12.2. The SMILES string of the molecule is CC(C)/C=N/N=C(N/N=C/C(C)C)N/N=C/C(C)C. The molecule has 0 radical (unpaired) electrons. The maximum absolute atomic E-state index is 4.05. The average molecular weight is 266 g/mol. The van der Waals surface area contributed by atoms with Gasteiger partial charge in [-0.1, -0.05) is 41.5 Å². The van der Waals surface area contributed by atoms with E-state index in [9.17, 15) is 0 Å². The van der Waals surface area contributed by atoms with Gasteiger partial charge in [0.2, 0.25) is 0 Å². The molecule has 0 spiro atoms. The average Bonchev–Trinajstić information content (AvgIpc) is 2.26. The zero-order valence-corrected chi connectivity index (χ0v) is 12.8. The third kappa shape index (κ3) is 12.5. The Kier molecular flexibility index (Phi) is 9.30. The van der Waals surface area contributed by atoms with Crippen LogP contribution in [0.1, 0.15) is 41.5 Å². The highest BCUT2D eigenvalue weighted by Crippen LogP contribution is 1.87. The molecule has 19 heavy (non-hydrogen) atoms. The highest BCUT2D eigenvalue weighted by Gasteiger charge is 1.95. The lowest BCUT2D eigenvalue weighted by molar-refractivity contribution is 0.837. The molecule has 0 unspecified atom stereocenters. The monoisotopic (exact) mass is 266 g/mol. The summed E-state index contributed by atoms with van der Waals surface area (Å²) in [5.74, 6) is 1.48. The molecule has 0 atom stereocenters. The number of guanidine groups is 1. The van der Waals surface area contributed by atoms with E-state index >= 15 is 0 Å². The minimum atomic E-state index is 0.350. The van der Waals surface area contributed by atoms with Gasteiger partial charge in [0, 0.05) is 18.6 Å². The van der Waals surface area contributed by atoms with Crippen molar-refractivity contribution < 1.29 is 0 Å². The van der Waals surface area contributed by atoms with Crippen molar-refractivity contribution in [3.63, 3.8) is 0 Å². The number of nitrogens with zero attached hydrogens (tertiary/aromatic N) is 4. The van der Waals surface area contributed by atoms with E-state index in [4.69, 9.17) is 0 Å². The Balaban J connectivity index is 4.54. The molecule has 108 valence electrons. The Morgan fingerprint density at radius 2 is 1.16 bits per heavy atom. The van der Waals surface area contributed by atoms with Crippen LogP contribution in [0.4, 0.5) is 0 Å². The molecule has 0 saturated heterocycles. The van der Waals surface area contributed by atoms with Crippen molar-refractivity contribution in [2.24, 2.45) is 38.2 Å². The molecule has 0 aromatic rings. The molecule has 2 N–H and O–H groups in total. The molecule has 0 aliphatic heterocycles. The third-order valence-electron chi connectivity index (χ3n) is 1.61. The van der Waals surface area contributed by atoms with Gasteiger partial charge in [-0.15, -0.1) is 5.10 Å². The highest BCUT2D eigenvalue weighted by molar-refractivity contribution is 5.81. The van der Waals surface area contributed by atoms with E-state index < -0.39 is 0 Å². The molecule has 6 heteroatoms. The Morgan fingerprint density at radius 1 is 0.737 bits per heavy atom. The molecule has 0 saturated carbocycles. The van der Waals surface area contributed by atoms with Gasteiger partial charge in [0.25, 0.3) is 5.96 Å². The van der Waals surface area contributed by atoms with Crippen molar-refractivity contribution in [3.8, 4) is 0 Å². The Morgan fingerprint density at radius 3 is 1.53 bits per heavy atom. The van der Waals surface area contributed by atoms with Crippen LogP contribution >= 0.6 is 0 Å². The molecule has 0 aliphatic rings. The molecule has 0 fully saturated rings. The van der Waals surface area contributed by atoms with Crippen molar-refractivity contribution in [1.29, 1.82) is 0 Å². The second-order valence-corrected chi connectivity index (χ2v) is 5.23. The number of hydrazone groups is 2. The predicted octanol–water partition coefficient (Wildman–Crippen LogP) is 2.45. The predicted molar refractivity (Wildman–Crippen MR) is 83.7 cm³/mol. The summed E-state index contributed by atoms with van der Waals surface area (Å²) >= 11 is 0. The van der Waals surface area contributed by atoms with E-state index in [1.807, 2.05) is 41.5 Å².